The van der Waals surface area contributed by atoms with Crippen molar-refractivity contribution in [1.82, 2.24) is 10.3 Å². The molecule has 1 fully saturated rings. The summed E-state index contributed by atoms with van der Waals surface area (Å²) < 4.78 is 19.0. The minimum atomic E-state index is -0.729. The van der Waals surface area contributed by atoms with Crippen molar-refractivity contribution in [3.63, 3.8) is 0 Å². The number of nitrogens with one attached hydrogen (secondary N) is 1. The highest BCUT2D eigenvalue weighted by Crippen LogP contribution is 2.24. The molecule has 2 rings (SSSR count). The van der Waals surface area contributed by atoms with Crippen LogP contribution in [0, 0.1) is 6.92 Å². The molecule has 1 aromatic rings. The second-order valence-electron chi connectivity index (χ2n) is 4.60. The lowest BCUT2D eigenvalue weighted by Crippen LogP contribution is -2.41. The molecule has 1 N–H and O–H groups in total. The molecule has 1 aliphatic carbocycles. The molecule has 0 amide bonds. The van der Waals surface area contributed by atoms with Crippen LogP contribution in [0.15, 0.2) is 10.6 Å². The highest BCUT2D eigenvalue weighted by Gasteiger charge is 2.27. The van der Waals surface area contributed by atoms with Crippen LogP contribution in [-0.4, -0.2) is 17.2 Å². The summed E-state index contributed by atoms with van der Waals surface area (Å²) >= 11 is 0. The van der Waals surface area contributed by atoms with Crippen molar-refractivity contribution in [2.75, 3.05) is 0 Å². The molecule has 1 unspecified atom stereocenters. The average molecular weight is 226 g/mol. The van der Waals surface area contributed by atoms with Crippen LogP contribution in [0.1, 0.15) is 50.3 Å². The van der Waals surface area contributed by atoms with Crippen LogP contribution in [0.25, 0.3) is 0 Å². The minimum absolute atomic E-state index is 0.0185. The Morgan fingerprint density at radius 3 is 2.88 bits per heavy atom. The number of nitrogens with zero attached hydrogens (tertiary/aromatic N) is 1. The van der Waals surface area contributed by atoms with Crippen molar-refractivity contribution in [3.05, 3.63) is 17.8 Å². The summed E-state index contributed by atoms with van der Waals surface area (Å²) in [5.41, 5.74) is 0. The van der Waals surface area contributed by atoms with Gasteiger partial charge >= 0.3 is 0 Å². The van der Waals surface area contributed by atoms with Gasteiger partial charge in [0.25, 0.3) is 0 Å². The first-order valence-corrected chi connectivity index (χ1v) is 5.99. The lowest BCUT2D eigenvalue weighted by Gasteiger charge is -2.28. The third-order valence-corrected chi connectivity index (χ3v) is 3.16. The molecule has 1 aliphatic rings. The van der Waals surface area contributed by atoms with Gasteiger partial charge < -0.3 is 9.73 Å². The van der Waals surface area contributed by atoms with E-state index in [9.17, 15) is 4.39 Å². The van der Waals surface area contributed by atoms with E-state index in [1.807, 2.05) is 13.8 Å². The fraction of sp³-hybridized carbons (Fsp3) is 0.750. The molecule has 4 heteroatoms. The summed E-state index contributed by atoms with van der Waals surface area (Å²) in [6, 6.07) is -0.0639. The van der Waals surface area contributed by atoms with E-state index in [0.717, 1.165) is 25.0 Å². The molecule has 0 bridgehead atoms. The Bertz CT molecular complexity index is 340. The standard InChI is InChI=1S/C12H19FN2O/c1-8-7-14-12(16-8)9(2)15-11-6-4-3-5-10(11)13/h7,9-11,15H,3-6H2,1-2H3/t9?,10-,11+/m0/s1. The minimum Gasteiger partial charge on any atom is -0.444 e. The Hall–Kier alpha value is -0.900. The molecule has 1 aromatic heterocycles. The van der Waals surface area contributed by atoms with E-state index in [4.69, 9.17) is 4.42 Å². The molecule has 0 aliphatic heterocycles. The molecule has 0 saturated heterocycles. The first-order chi connectivity index (χ1) is 7.66. The van der Waals surface area contributed by atoms with Gasteiger partial charge in [0.15, 0.2) is 0 Å². The number of rotatable bonds is 3. The van der Waals surface area contributed by atoms with E-state index < -0.39 is 6.17 Å². The van der Waals surface area contributed by atoms with Gasteiger partial charge in [-0.2, -0.15) is 0 Å². The van der Waals surface area contributed by atoms with E-state index in [0.29, 0.717) is 12.3 Å². The van der Waals surface area contributed by atoms with Crippen LogP contribution in [0.2, 0.25) is 0 Å². The molecule has 90 valence electrons. The SMILES string of the molecule is Cc1cnc(C(C)N[C@@H]2CCCC[C@@H]2F)o1. The van der Waals surface area contributed by atoms with Gasteiger partial charge in [-0.3, -0.25) is 0 Å². The predicted octanol–water partition coefficient (Wildman–Crippen LogP) is 2.91. The maximum Gasteiger partial charge on any atom is 0.211 e. The van der Waals surface area contributed by atoms with E-state index in [1.54, 1.807) is 6.20 Å². The predicted molar refractivity (Wildman–Crippen MR) is 59.9 cm³/mol. The van der Waals surface area contributed by atoms with Crippen molar-refractivity contribution >= 4 is 0 Å². The fourth-order valence-corrected chi connectivity index (χ4v) is 2.24. The highest BCUT2D eigenvalue weighted by molar-refractivity contribution is 4.96. The van der Waals surface area contributed by atoms with Gasteiger partial charge in [0.2, 0.25) is 5.89 Å². The molecule has 1 saturated carbocycles. The second-order valence-corrected chi connectivity index (χ2v) is 4.60. The van der Waals surface area contributed by atoms with Crippen molar-refractivity contribution in [1.29, 1.82) is 0 Å². The van der Waals surface area contributed by atoms with E-state index in [1.165, 1.54) is 0 Å². The molecule has 0 radical (unpaired) electrons. The lowest BCUT2D eigenvalue weighted by atomic mass is 9.93. The maximum atomic E-state index is 13.6. The van der Waals surface area contributed by atoms with Gasteiger partial charge in [0.1, 0.15) is 11.9 Å². The smallest absolute Gasteiger partial charge is 0.211 e. The summed E-state index contributed by atoms with van der Waals surface area (Å²) in [6.45, 7) is 3.83. The van der Waals surface area contributed by atoms with E-state index >= 15 is 0 Å². The molecule has 16 heavy (non-hydrogen) atoms. The van der Waals surface area contributed by atoms with Crippen LogP contribution < -0.4 is 5.32 Å². The van der Waals surface area contributed by atoms with Gasteiger partial charge in [-0.05, 0) is 26.7 Å². The molecular formula is C12H19FN2O. The molecule has 1 heterocycles. The maximum absolute atomic E-state index is 13.6. The number of oxazole rings is 1. The number of alkyl halides is 1. The van der Waals surface area contributed by atoms with Crippen molar-refractivity contribution in [3.8, 4) is 0 Å². The zero-order chi connectivity index (χ0) is 11.5. The van der Waals surface area contributed by atoms with Gasteiger partial charge in [-0.25, -0.2) is 9.37 Å². The van der Waals surface area contributed by atoms with Crippen molar-refractivity contribution < 1.29 is 8.81 Å². The van der Waals surface area contributed by atoms with Crippen LogP contribution in [0.4, 0.5) is 4.39 Å². The Labute approximate surface area is 95.4 Å². The zero-order valence-corrected chi connectivity index (χ0v) is 9.87. The number of hydrogen-bond acceptors (Lipinski definition) is 3. The summed E-state index contributed by atoms with van der Waals surface area (Å²) in [7, 11) is 0. The zero-order valence-electron chi connectivity index (χ0n) is 9.87. The highest BCUT2D eigenvalue weighted by atomic mass is 19.1. The first kappa shape index (κ1) is 11.6. The Kier molecular flexibility index (Phi) is 3.59. The lowest BCUT2D eigenvalue weighted by molar-refractivity contribution is 0.175. The van der Waals surface area contributed by atoms with Crippen LogP contribution in [-0.2, 0) is 0 Å². The molecule has 3 nitrogen and oxygen atoms in total. The summed E-state index contributed by atoms with van der Waals surface area (Å²) in [4.78, 5) is 4.15. The Morgan fingerprint density at radius 2 is 2.25 bits per heavy atom. The topological polar surface area (TPSA) is 38.1 Å². The van der Waals surface area contributed by atoms with Crippen LogP contribution in [0.5, 0.6) is 0 Å². The fourth-order valence-electron chi connectivity index (χ4n) is 2.24. The second kappa shape index (κ2) is 4.95. The number of aryl methyl sites for hydroxylation is 1. The molecule has 0 aromatic carbocycles. The Morgan fingerprint density at radius 1 is 1.50 bits per heavy atom. The summed E-state index contributed by atoms with van der Waals surface area (Å²) in [5.74, 6) is 1.44. The summed E-state index contributed by atoms with van der Waals surface area (Å²) in [6.07, 6.45) is 4.66. The number of hydrogen-bond donors (Lipinski definition) is 1. The van der Waals surface area contributed by atoms with Crippen molar-refractivity contribution in [2.24, 2.45) is 0 Å². The molecule has 0 spiro atoms. The normalized spacial score (nSPS) is 27.9. The third-order valence-electron chi connectivity index (χ3n) is 3.16. The largest absolute Gasteiger partial charge is 0.444 e. The molecule has 3 atom stereocenters. The molecular weight excluding hydrogens is 207 g/mol. The van der Waals surface area contributed by atoms with Crippen molar-refractivity contribution in [2.45, 2.75) is 57.8 Å². The average Bonchev–Trinajstić information content (AvgIpc) is 2.68. The van der Waals surface area contributed by atoms with Gasteiger partial charge in [0, 0.05) is 6.04 Å². The first-order valence-electron chi connectivity index (χ1n) is 5.99. The summed E-state index contributed by atoms with van der Waals surface area (Å²) in [5, 5.41) is 3.27. The van der Waals surface area contributed by atoms with E-state index in [-0.39, 0.29) is 12.1 Å². The number of aromatic nitrogens is 1. The van der Waals surface area contributed by atoms with Gasteiger partial charge in [-0.15, -0.1) is 0 Å². The number of halogens is 1. The van der Waals surface area contributed by atoms with Crippen LogP contribution >= 0.6 is 0 Å². The third kappa shape index (κ3) is 2.61. The van der Waals surface area contributed by atoms with Crippen LogP contribution in [0.3, 0.4) is 0 Å². The quantitative estimate of drug-likeness (QED) is 0.861. The monoisotopic (exact) mass is 226 g/mol. The Balaban J connectivity index is 1.93. The van der Waals surface area contributed by atoms with Gasteiger partial charge in [0.05, 0.1) is 12.2 Å². The van der Waals surface area contributed by atoms with E-state index in [2.05, 4.69) is 10.3 Å². The van der Waals surface area contributed by atoms with Gasteiger partial charge in [-0.1, -0.05) is 12.8 Å².